The predicted molar refractivity (Wildman–Crippen MR) is 117 cm³/mol. The molecule has 0 fully saturated rings. The van der Waals surface area contributed by atoms with E-state index in [-0.39, 0.29) is 23.6 Å². The minimum absolute atomic E-state index is 0.00316. The van der Waals surface area contributed by atoms with Gasteiger partial charge in [0.2, 0.25) is 11.8 Å². The third kappa shape index (κ3) is 7.81. The van der Waals surface area contributed by atoms with Gasteiger partial charge in [0.25, 0.3) is 0 Å². The van der Waals surface area contributed by atoms with E-state index in [0.29, 0.717) is 12.3 Å². The summed E-state index contributed by atoms with van der Waals surface area (Å²) in [5.41, 5.74) is 2.37. The van der Waals surface area contributed by atoms with Crippen LogP contribution in [0.15, 0.2) is 32.9 Å². The Bertz CT molecular complexity index is 765. The van der Waals surface area contributed by atoms with Crippen molar-refractivity contribution < 1.29 is 9.59 Å². The molecule has 1 unspecified atom stereocenters. The number of hydrogen-bond acceptors (Lipinski definition) is 7. The van der Waals surface area contributed by atoms with E-state index in [0.717, 1.165) is 27.1 Å². The Morgan fingerprint density at radius 1 is 1.04 bits per heavy atom. The molecule has 28 heavy (non-hydrogen) atoms. The quantitative estimate of drug-likeness (QED) is 0.521. The summed E-state index contributed by atoms with van der Waals surface area (Å²) in [6, 6.07) is 8.26. The molecule has 2 N–H and O–H groups in total. The van der Waals surface area contributed by atoms with E-state index in [9.17, 15) is 9.59 Å². The van der Waals surface area contributed by atoms with E-state index in [1.165, 1.54) is 40.4 Å². The summed E-state index contributed by atoms with van der Waals surface area (Å²) in [6.07, 6.45) is 1.92. The van der Waals surface area contributed by atoms with Crippen molar-refractivity contribution in [1.29, 1.82) is 0 Å². The van der Waals surface area contributed by atoms with Crippen molar-refractivity contribution in [1.82, 2.24) is 20.8 Å². The van der Waals surface area contributed by atoms with Gasteiger partial charge >= 0.3 is 0 Å². The van der Waals surface area contributed by atoms with Gasteiger partial charge in [0.15, 0.2) is 8.68 Å². The lowest BCUT2D eigenvalue weighted by Gasteiger charge is -2.14. The largest absolute Gasteiger partial charge is 0.355 e. The second kappa shape index (κ2) is 12.1. The van der Waals surface area contributed by atoms with Crippen LogP contribution in [0.2, 0.25) is 0 Å². The molecule has 0 aliphatic carbocycles. The van der Waals surface area contributed by atoms with Crippen molar-refractivity contribution in [2.24, 2.45) is 0 Å². The average molecular weight is 439 g/mol. The van der Waals surface area contributed by atoms with Crippen LogP contribution in [0, 0.1) is 0 Å². The molecule has 6 nitrogen and oxygen atoms in total. The summed E-state index contributed by atoms with van der Waals surface area (Å²) in [4.78, 5) is 23.8. The van der Waals surface area contributed by atoms with Gasteiger partial charge < -0.3 is 10.6 Å². The summed E-state index contributed by atoms with van der Waals surface area (Å²) < 4.78 is 1.46. The molecule has 2 aromatic rings. The third-order valence-corrected chi connectivity index (χ3v) is 7.07. The van der Waals surface area contributed by atoms with Crippen LogP contribution in [-0.4, -0.2) is 40.1 Å². The average Bonchev–Trinajstić information content (AvgIpc) is 3.17. The van der Waals surface area contributed by atoms with Gasteiger partial charge in [-0.05, 0) is 30.9 Å². The molecular weight excluding hydrogens is 412 g/mol. The summed E-state index contributed by atoms with van der Waals surface area (Å²) in [6.45, 7) is 6.80. The van der Waals surface area contributed by atoms with Crippen LogP contribution < -0.4 is 10.6 Å². The van der Waals surface area contributed by atoms with E-state index < -0.39 is 0 Å². The summed E-state index contributed by atoms with van der Waals surface area (Å²) >= 11 is 4.13. The first kappa shape index (κ1) is 22.7. The number of carbonyl (C=O) groups excluding carboxylic acids is 2. The van der Waals surface area contributed by atoms with Gasteiger partial charge in [-0.3, -0.25) is 9.59 Å². The topological polar surface area (TPSA) is 84.0 Å². The Morgan fingerprint density at radius 2 is 1.64 bits per heavy atom. The fourth-order valence-corrected chi connectivity index (χ4v) is 4.95. The number of rotatable bonds is 11. The molecule has 0 radical (unpaired) electrons. The normalized spacial score (nSPS) is 11.8. The van der Waals surface area contributed by atoms with E-state index in [1.54, 1.807) is 0 Å². The Hall–Kier alpha value is -1.58. The number of aryl methyl sites for hydroxylation is 1. The molecule has 0 aliphatic heterocycles. The van der Waals surface area contributed by atoms with Gasteiger partial charge in [-0.2, -0.15) is 0 Å². The fourth-order valence-electron chi connectivity index (χ4n) is 2.29. The zero-order valence-corrected chi connectivity index (χ0v) is 18.8. The lowest BCUT2D eigenvalue weighted by atomic mass is 10.1. The third-order valence-electron chi connectivity index (χ3n) is 3.88. The van der Waals surface area contributed by atoms with Crippen molar-refractivity contribution in [3.8, 4) is 0 Å². The Kier molecular flexibility index (Phi) is 9.80. The fraction of sp³-hybridized carbons (Fsp3) is 0.474. The first-order valence-electron chi connectivity index (χ1n) is 9.25. The second-order valence-corrected chi connectivity index (χ2v) is 9.57. The minimum Gasteiger partial charge on any atom is -0.355 e. The highest BCUT2D eigenvalue weighted by atomic mass is 32.2. The molecule has 0 aliphatic rings. The molecule has 0 spiro atoms. The first-order valence-corrected chi connectivity index (χ1v) is 12.0. The second-order valence-electron chi connectivity index (χ2n) is 6.15. The number of nitrogens with zero attached hydrogens (tertiary/aromatic N) is 2. The minimum atomic E-state index is -0.0413. The molecule has 1 aromatic carbocycles. The number of carbonyl (C=O) groups is 2. The summed E-state index contributed by atoms with van der Waals surface area (Å²) in [5.74, 6) is 0.568. The molecule has 9 heteroatoms. The molecule has 1 heterocycles. The van der Waals surface area contributed by atoms with Gasteiger partial charge in [0.1, 0.15) is 0 Å². The number of amides is 2. The van der Waals surface area contributed by atoms with Crippen LogP contribution in [0.4, 0.5) is 0 Å². The Balaban J connectivity index is 1.73. The molecule has 0 saturated carbocycles. The maximum absolute atomic E-state index is 12.2. The smallest absolute Gasteiger partial charge is 0.230 e. The van der Waals surface area contributed by atoms with E-state index in [4.69, 9.17) is 0 Å². The Labute approximate surface area is 178 Å². The van der Waals surface area contributed by atoms with Crippen molar-refractivity contribution in [3.05, 3.63) is 35.4 Å². The van der Waals surface area contributed by atoms with Gasteiger partial charge in [-0.1, -0.05) is 73.0 Å². The Morgan fingerprint density at radius 3 is 2.21 bits per heavy atom. The SMILES string of the molecule is CCCNC(=O)CSc1nnc(SCC(=O)NC(C)c2ccc(CC)cc2)s1. The number of nitrogens with one attached hydrogen (secondary N) is 2. The van der Waals surface area contributed by atoms with Crippen molar-refractivity contribution >= 4 is 46.7 Å². The highest BCUT2D eigenvalue weighted by Gasteiger charge is 2.13. The van der Waals surface area contributed by atoms with Gasteiger partial charge in [0.05, 0.1) is 17.5 Å². The number of hydrogen-bond donors (Lipinski definition) is 2. The standard InChI is InChI=1S/C19H26N4O2S3/c1-4-10-20-16(24)11-26-18-22-23-19(28-18)27-12-17(25)21-13(3)15-8-6-14(5-2)7-9-15/h6-9,13H,4-5,10-12H2,1-3H3,(H,20,24)(H,21,25). The van der Waals surface area contributed by atoms with E-state index in [2.05, 4.69) is 52.0 Å². The monoisotopic (exact) mass is 438 g/mol. The van der Waals surface area contributed by atoms with Crippen molar-refractivity contribution in [2.45, 2.75) is 48.3 Å². The molecule has 1 atom stereocenters. The van der Waals surface area contributed by atoms with Crippen molar-refractivity contribution in [3.63, 3.8) is 0 Å². The van der Waals surface area contributed by atoms with Crippen LogP contribution in [-0.2, 0) is 16.0 Å². The van der Waals surface area contributed by atoms with Gasteiger partial charge in [-0.25, -0.2) is 0 Å². The van der Waals surface area contributed by atoms with Crippen LogP contribution in [0.5, 0.6) is 0 Å². The summed E-state index contributed by atoms with van der Waals surface area (Å²) in [5, 5.41) is 14.0. The molecular formula is C19H26N4O2S3. The van der Waals surface area contributed by atoms with Crippen LogP contribution in [0.25, 0.3) is 0 Å². The molecule has 152 valence electrons. The predicted octanol–water partition coefficient (Wildman–Crippen LogP) is 3.69. The van der Waals surface area contributed by atoms with E-state index >= 15 is 0 Å². The van der Waals surface area contributed by atoms with Crippen molar-refractivity contribution in [2.75, 3.05) is 18.1 Å². The maximum Gasteiger partial charge on any atom is 0.230 e. The van der Waals surface area contributed by atoms with Crippen LogP contribution >= 0.6 is 34.9 Å². The molecule has 0 saturated heterocycles. The molecule has 0 bridgehead atoms. The van der Waals surface area contributed by atoms with E-state index in [1.807, 2.05) is 13.8 Å². The first-order chi connectivity index (χ1) is 13.5. The molecule has 2 amide bonds. The van der Waals surface area contributed by atoms with Crippen LogP contribution in [0.1, 0.15) is 44.4 Å². The lowest BCUT2D eigenvalue weighted by Crippen LogP contribution is -2.28. The van der Waals surface area contributed by atoms with Gasteiger partial charge in [0, 0.05) is 6.54 Å². The number of aromatic nitrogens is 2. The molecule has 2 rings (SSSR count). The zero-order valence-electron chi connectivity index (χ0n) is 16.4. The zero-order chi connectivity index (χ0) is 20.4. The lowest BCUT2D eigenvalue weighted by molar-refractivity contribution is -0.119. The summed E-state index contributed by atoms with van der Waals surface area (Å²) in [7, 11) is 0. The highest BCUT2D eigenvalue weighted by molar-refractivity contribution is 8.03. The highest BCUT2D eigenvalue weighted by Crippen LogP contribution is 2.28. The maximum atomic E-state index is 12.2. The number of benzene rings is 1. The van der Waals surface area contributed by atoms with Gasteiger partial charge in [-0.15, -0.1) is 10.2 Å². The molecule has 1 aromatic heterocycles. The number of thioether (sulfide) groups is 2. The van der Waals surface area contributed by atoms with Crippen LogP contribution in [0.3, 0.4) is 0 Å².